The summed E-state index contributed by atoms with van der Waals surface area (Å²) in [6, 6.07) is 10.3. The van der Waals surface area contributed by atoms with Gasteiger partial charge in [-0.2, -0.15) is 0 Å². The Morgan fingerprint density at radius 2 is 1.56 bits per heavy atom. The van der Waals surface area contributed by atoms with Gasteiger partial charge in [0.05, 0.1) is 18.6 Å². The lowest BCUT2D eigenvalue weighted by Crippen LogP contribution is -2.10. The summed E-state index contributed by atoms with van der Waals surface area (Å²) in [5.41, 5.74) is 9.59. The molecule has 0 aliphatic carbocycles. The molecule has 0 bridgehead atoms. The second-order valence-corrected chi connectivity index (χ2v) is 4.36. The molecular weight excluding hydrogens is 198 g/mol. The zero-order valence-corrected chi connectivity index (χ0v) is 9.68. The van der Waals surface area contributed by atoms with Gasteiger partial charge in [0, 0.05) is 5.56 Å². The van der Waals surface area contributed by atoms with Gasteiger partial charge in [-0.15, -0.1) is 0 Å². The van der Waals surface area contributed by atoms with Gasteiger partial charge in [0.1, 0.15) is 0 Å². The van der Waals surface area contributed by atoms with Gasteiger partial charge >= 0.3 is 0 Å². The van der Waals surface area contributed by atoms with E-state index in [-0.39, 0.29) is 6.04 Å². The first-order valence-electron chi connectivity index (χ1n) is 5.56. The highest BCUT2D eigenvalue weighted by Crippen LogP contribution is 2.22. The van der Waals surface area contributed by atoms with Gasteiger partial charge in [0.15, 0.2) is 0 Å². The molecule has 84 valence electrons. The van der Waals surface area contributed by atoms with E-state index in [4.69, 9.17) is 10.2 Å². The van der Waals surface area contributed by atoms with Crippen LogP contribution in [0.3, 0.4) is 0 Å². The molecule has 0 aliphatic heterocycles. The van der Waals surface area contributed by atoms with E-state index in [1.54, 1.807) is 12.5 Å². The summed E-state index contributed by atoms with van der Waals surface area (Å²) in [6.07, 6.45) is 3.35. The molecule has 2 aromatic rings. The van der Waals surface area contributed by atoms with Crippen molar-refractivity contribution in [3.8, 4) is 0 Å². The van der Waals surface area contributed by atoms with Gasteiger partial charge in [0.25, 0.3) is 0 Å². The van der Waals surface area contributed by atoms with Crippen molar-refractivity contribution in [2.45, 2.75) is 25.8 Å². The molecule has 1 aromatic heterocycles. The molecule has 2 heteroatoms. The van der Waals surface area contributed by atoms with Crippen LogP contribution in [-0.2, 0) is 0 Å². The first kappa shape index (κ1) is 11.0. The lowest BCUT2D eigenvalue weighted by molar-refractivity contribution is 0.562. The van der Waals surface area contributed by atoms with E-state index in [2.05, 4.69) is 38.1 Å². The Morgan fingerprint density at radius 3 is 2.06 bits per heavy atom. The van der Waals surface area contributed by atoms with Crippen LogP contribution >= 0.6 is 0 Å². The Balaban J connectivity index is 2.22. The van der Waals surface area contributed by atoms with Gasteiger partial charge in [-0.25, -0.2) is 0 Å². The van der Waals surface area contributed by atoms with E-state index in [1.165, 1.54) is 5.56 Å². The molecule has 0 radical (unpaired) electrons. The third kappa shape index (κ3) is 2.17. The molecule has 0 spiro atoms. The standard InChI is InChI=1S/C14H17NO/c1-10(2)11-3-5-12(6-4-11)14(15)13-7-8-16-9-13/h3-10,14H,15H2,1-2H3. The van der Waals surface area contributed by atoms with Crippen molar-refractivity contribution in [1.82, 2.24) is 0 Å². The minimum absolute atomic E-state index is 0.0973. The van der Waals surface area contributed by atoms with Crippen LogP contribution in [0.2, 0.25) is 0 Å². The minimum atomic E-state index is -0.0973. The molecular formula is C14H17NO. The average molecular weight is 215 g/mol. The normalized spacial score (nSPS) is 13.0. The van der Waals surface area contributed by atoms with Gasteiger partial charge in [-0.3, -0.25) is 0 Å². The Hall–Kier alpha value is -1.54. The predicted molar refractivity (Wildman–Crippen MR) is 65.3 cm³/mol. The summed E-state index contributed by atoms with van der Waals surface area (Å²) in [5.74, 6) is 0.555. The fraction of sp³-hybridized carbons (Fsp3) is 0.286. The fourth-order valence-corrected chi connectivity index (χ4v) is 1.73. The summed E-state index contributed by atoms with van der Waals surface area (Å²) >= 11 is 0. The highest BCUT2D eigenvalue weighted by atomic mass is 16.3. The number of hydrogen-bond acceptors (Lipinski definition) is 2. The van der Waals surface area contributed by atoms with Crippen molar-refractivity contribution in [2.24, 2.45) is 5.73 Å². The molecule has 0 aliphatic rings. The minimum Gasteiger partial charge on any atom is -0.472 e. The van der Waals surface area contributed by atoms with E-state index in [0.717, 1.165) is 11.1 Å². The Morgan fingerprint density at radius 1 is 0.938 bits per heavy atom. The topological polar surface area (TPSA) is 39.2 Å². The maximum Gasteiger partial charge on any atom is 0.0953 e. The van der Waals surface area contributed by atoms with Crippen LogP contribution < -0.4 is 5.73 Å². The van der Waals surface area contributed by atoms with E-state index >= 15 is 0 Å². The first-order chi connectivity index (χ1) is 7.68. The Kier molecular flexibility index (Phi) is 3.11. The maximum absolute atomic E-state index is 6.13. The molecule has 2 nitrogen and oxygen atoms in total. The lowest BCUT2D eigenvalue weighted by atomic mass is 9.97. The zero-order valence-electron chi connectivity index (χ0n) is 9.68. The molecule has 2 rings (SSSR count). The van der Waals surface area contributed by atoms with Crippen molar-refractivity contribution >= 4 is 0 Å². The Bertz CT molecular complexity index is 428. The highest BCUT2D eigenvalue weighted by molar-refractivity contribution is 5.32. The van der Waals surface area contributed by atoms with Gasteiger partial charge in [-0.05, 0) is 23.1 Å². The average Bonchev–Trinajstić information content (AvgIpc) is 2.81. The summed E-state index contributed by atoms with van der Waals surface area (Å²) in [6.45, 7) is 4.37. The smallest absolute Gasteiger partial charge is 0.0953 e. The predicted octanol–water partition coefficient (Wildman–Crippen LogP) is 3.45. The van der Waals surface area contributed by atoms with E-state index in [0.29, 0.717) is 5.92 Å². The van der Waals surface area contributed by atoms with Crippen molar-refractivity contribution in [2.75, 3.05) is 0 Å². The second-order valence-electron chi connectivity index (χ2n) is 4.36. The number of hydrogen-bond donors (Lipinski definition) is 1. The van der Waals surface area contributed by atoms with Crippen LogP contribution in [0, 0.1) is 0 Å². The second kappa shape index (κ2) is 4.54. The number of rotatable bonds is 3. The maximum atomic E-state index is 6.13. The monoisotopic (exact) mass is 215 g/mol. The van der Waals surface area contributed by atoms with Crippen LogP contribution in [0.25, 0.3) is 0 Å². The van der Waals surface area contributed by atoms with Crippen molar-refractivity contribution in [1.29, 1.82) is 0 Å². The summed E-state index contributed by atoms with van der Waals surface area (Å²) < 4.78 is 5.04. The quantitative estimate of drug-likeness (QED) is 0.851. The summed E-state index contributed by atoms with van der Waals surface area (Å²) in [7, 11) is 0. The molecule has 1 atom stereocenters. The number of nitrogens with two attached hydrogens (primary N) is 1. The lowest BCUT2D eigenvalue weighted by Gasteiger charge is -2.11. The van der Waals surface area contributed by atoms with Crippen molar-refractivity contribution < 1.29 is 4.42 Å². The third-order valence-corrected chi connectivity index (χ3v) is 2.86. The van der Waals surface area contributed by atoms with Crippen LogP contribution in [0.15, 0.2) is 47.3 Å². The molecule has 16 heavy (non-hydrogen) atoms. The van der Waals surface area contributed by atoms with Crippen molar-refractivity contribution in [3.05, 3.63) is 59.5 Å². The fourth-order valence-electron chi connectivity index (χ4n) is 1.73. The van der Waals surface area contributed by atoms with Gasteiger partial charge in [0.2, 0.25) is 0 Å². The van der Waals surface area contributed by atoms with Crippen molar-refractivity contribution in [3.63, 3.8) is 0 Å². The molecule has 0 fully saturated rings. The zero-order chi connectivity index (χ0) is 11.5. The molecule has 1 unspecified atom stereocenters. The molecule has 0 amide bonds. The number of benzene rings is 1. The third-order valence-electron chi connectivity index (χ3n) is 2.86. The van der Waals surface area contributed by atoms with Crippen LogP contribution in [0.1, 0.15) is 42.5 Å². The highest BCUT2D eigenvalue weighted by Gasteiger charge is 2.10. The van der Waals surface area contributed by atoms with E-state index in [9.17, 15) is 0 Å². The largest absolute Gasteiger partial charge is 0.472 e. The van der Waals surface area contributed by atoms with E-state index in [1.807, 2.05) is 6.07 Å². The molecule has 0 saturated carbocycles. The SMILES string of the molecule is CC(C)c1ccc(C(N)c2ccoc2)cc1. The molecule has 0 saturated heterocycles. The molecule has 1 heterocycles. The first-order valence-corrected chi connectivity index (χ1v) is 5.56. The summed E-state index contributed by atoms with van der Waals surface area (Å²) in [5, 5.41) is 0. The van der Waals surface area contributed by atoms with Gasteiger partial charge < -0.3 is 10.2 Å². The van der Waals surface area contributed by atoms with Crippen LogP contribution in [-0.4, -0.2) is 0 Å². The molecule has 1 aromatic carbocycles. The molecule has 2 N–H and O–H groups in total. The summed E-state index contributed by atoms with van der Waals surface area (Å²) in [4.78, 5) is 0. The Labute approximate surface area is 96.1 Å². The van der Waals surface area contributed by atoms with E-state index < -0.39 is 0 Å². The number of furan rings is 1. The van der Waals surface area contributed by atoms with Gasteiger partial charge in [-0.1, -0.05) is 38.1 Å². The van der Waals surface area contributed by atoms with Crippen LogP contribution in [0.4, 0.5) is 0 Å². The van der Waals surface area contributed by atoms with Crippen LogP contribution in [0.5, 0.6) is 0 Å².